The third kappa shape index (κ3) is 30.0. The Hall–Kier alpha value is -13.5. The Morgan fingerprint density at radius 2 is 1.11 bits per heavy atom. The number of aromatic hydroxyl groups is 1. The van der Waals surface area contributed by atoms with Gasteiger partial charge in [0.05, 0.1) is 38.0 Å². The van der Waals surface area contributed by atoms with Crippen LogP contribution >= 0.6 is 11.8 Å². The van der Waals surface area contributed by atoms with E-state index < -0.39 is 273 Å². The maximum atomic E-state index is 15.9. The van der Waals surface area contributed by atoms with Crippen LogP contribution in [-0.2, 0) is 112 Å². The van der Waals surface area contributed by atoms with Gasteiger partial charge in [-0.2, -0.15) is 0 Å². The summed E-state index contributed by atoms with van der Waals surface area (Å²) in [5.74, 6) is -20.5. The number of hydrogen-bond donors (Lipinski definition) is 21. The number of H-pyrrole nitrogens is 1. The Morgan fingerprint density at radius 1 is 0.559 bits per heavy atom. The van der Waals surface area contributed by atoms with Crippen LogP contribution in [-0.4, -0.2) is 335 Å². The van der Waals surface area contributed by atoms with Crippen LogP contribution in [0, 0.1) is 11.3 Å². The molecule has 45 nitrogen and oxygen atoms in total. The van der Waals surface area contributed by atoms with Crippen molar-refractivity contribution in [2.75, 3.05) is 72.0 Å². The summed E-state index contributed by atoms with van der Waals surface area (Å²) in [5, 5.41) is 90.8. The van der Waals surface area contributed by atoms with Crippen LogP contribution in [0.5, 0.6) is 5.75 Å². The van der Waals surface area contributed by atoms with Gasteiger partial charge in [-0.3, -0.25) is 91.7 Å². The number of aromatic nitrogens is 2. The monoisotopic (exact) mass is 1920 g/mol. The zero-order valence-electron chi connectivity index (χ0n) is 77.4. The number of unbranched alkanes of at least 4 members (excludes halogenated alkanes) is 2. The molecule has 742 valence electrons. The fourth-order valence-corrected chi connectivity index (χ4v) is 17.5. The minimum atomic E-state index is -1.98. The van der Waals surface area contributed by atoms with Gasteiger partial charge in [0, 0.05) is 106 Å². The van der Waals surface area contributed by atoms with Crippen molar-refractivity contribution < 1.29 is 112 Å². The van der Waals surface area contributed by atoms with Crippen molar-refractivity contribution in [1.29, 1.82) is 5.41 Å². The number of phenolic OH excluding ortho intramolecular Hbond substituents is 1. The zero-order valence-corrected chi connectivity index (χ0v) is 78.2. The SMILES string of the molecule is CCCC[C@H]1C(=O)N(C)[C@@H](CCCC)C(=O)N[C@@H](CCCNC(=N)N)C(=O)N[C@H](C(=O)NCC(N)=O)CSCC(=O)N[C@@H](Cc2ccc(O)cc2)C(=O)N(C)[C@@H](C)C(=O)N[C@H](CC(N)=O)C(=O)N2CCC[C@H]2C(=O)N[C@@H](CO)C(=O)N[C@@H](CC(C)C)C(=O)N2C[C@H](O)C[C@H]2C(=O)N[C@@H](Cc2c[nH]c3ccccc23)C(=O)N[C@@H](CO)C(=O)N[C@@H](Cc2cn(CC(=O)O)c3ccccc23)C(=O)N1C. The number of phenols is 1. The lowest BCUT2D eigenvalue weighted by Gasteiger charge is -2.36. The van der Waals surface area contributed by atoms with Crippen molar-refractivity contribution in [1.82, 2.24) is 92.5 Å². The van der Waals surface area contributed by atoms with Gasteiger partial charge in [0.25, 0.3) is 0 Å². The maximum Gasteiger partial charge on any atom is 0.323 e. The molecule has 136 heavy (non-hydrogen) atoms. The molecule has 46 heteroatoms. The number of carbonyl (C=O) groups excluding carboxylic acids is 17. The molecular weight excluding hydrogens is 1790 g/mol. The van der Waals surface area contributed by atoms with Crippen LogP contribution in [0.2, 0.25) is 0 Å². The average molecular weight is 1920 g/mol. The Morgan fingerprint density at radius 3 is 1.74 bits per heavy atom. The number of fused-ring (bicyclic) bond motifs is 4. The predicted octanol–water partition coefficient (Wildman–Crippen LogP) is -4.34. The van der Waals surface area contributed by atoms with E-state index in [9.17, 15) is 78.3 Å². The van der Waals surface area contributed by atoms with Crippen LogP contribution in [0.3, 0.4) is 0 Å². The second-order valence-electron chi connectivity index (χ2n) is 34.7. The number of rotatable bonds is 27. The van der Waals surface area contributed by atoms with Gasteiger partial charge in [-0.15, -0.1) is 11.8 Å². The molecule has 5 heterocycles. The molecule has 0 bridgehead atoms. The number of carbonyl (C=O) groups is 18. The van der Waals surface area contributed by atoms with Crippen molar-refractivity contribution >= 4 is 146 Å². The Labute approximate surface area is 789 Å². The van der Waals surface area contributed by atoms with Crippen molar-refractivity contribution in [3.63, 3.8) is 0 Å². The number of aliphatic carboxylic acids is 1. The number of nitrogens with zero attached hydrogens (tertiary/aromatic N) is 6. The Balaban J connectivity index is 1.21. The standard InChI is InChI=1S/C90H128N22O23S/c1-9-11-23-68-82(128)99-58(22-17-31-95-90(93)94)78(124)106-66(77(123)97-40-73(92)118)46-136-47-74(119)98-61(34-50-27-29-53(115)30-28-50)85(131)107(6)49(5)76(122)101-63(38-72(91)117)87(133)111-32-18-26-69(111)83(129)105-65(45-114)81(127)102-60(33-48(3)4)88(134)112-42-54(116)37-71(112)84(130)100-59(35-51-39-96-57-21-15-13-19-55(51)57)79(125)104-64(44-113)80(126)103-62(86(132)109(8)70(24-12-10-2)89(135)108(68)7)36-52-41-110(43-75(120)121)67-25-16-14-20-56(52)67/h13-16,19-21,25,27-30,39,41,48-49,54,58-66,68-71,96,113-116H,9-12,17-18,22-24,26,31-38,40,42-47H2,1-8H3,(H2,91,117)(H2,92,118)(H,97,123)(H,98,119)(H,99,128)(H,100,130)(H,101,122)(H,102,127)(H,103,126)(H,104,125)(H,105,129)(H,106,124)(H,120,121)(H4,93,94,95)/t49-,54+,58-,59-,60-,61-,62-,63+,64-,65-,66-,68-,69-,70-,71-/m0/s1. The Kier molecular flexibility index (Phi) is 40.7. The van der Waals surface area contributed by atoms with Crippen molar-refractivity contribution in [2.24, 2.45) is 23.1 Å². The van der Waals surface area contributed by atoms with E-state index in [1.807, 2.05) is 0 Å². The van der Waals surface area contributed by atoms with Crippen molar-refractivity contribution in [2.45, 2.75) is 235 Å². The van der Waals surface area contributed by atoms with Crippen molar-refractivity contribution in [3.05, 3.63) is 102 Å². The summed E-state index contributed by atoms with van der Waals surface area (Å²) >= 11 is 0.736. The number of aliphatic hydroxyl groups excluding tert-OH is 3. The number of guanidine groups is 1. The first-order valence-electron chi connectivity index (χ1n) is 45.2. The minimum absolute atomic E-state index is 0.00455. The van der Waals surface area contributed by atoms with E-state index >= 15 is 33.6 Å². The number of likely N-dealkylation sites (N-methyl/N-ethyl adjacent to an activating group) is 3. The van der Waals surface area contributed by atoms with E-state index in [0.29, 0.717) is 51.3 Å². The molecule has 2 aromatic heterocycles. The molecule has 15 atom stereocenters. The molecule has 17 amide bonds. The fourth-order valence-electron chi connectivity index (χ4n) is 16.6. The molecule has 0 unspecified atom stereocenters. The number of thioether (sulfide) groups is 1. The van der Waals surface area contributed by atoms with Gasteiger partial charge >= 0.3 is 5.97 Å². The average Bonchev–Trinajstić information content (AvgIpc) is 1.65. The first kappa shape index (κ1) is 108. The number of aromatic amines is 1. The van der Waals surface area contributed by atoms with Crippen LogP contribution in [0.15, 0.2) is 85.2 Å². The minimum Gasteiger partial charge on any atom is -0.508 e. The third-order valence-electron chi connectivity index (χ3n) is 24.0. The lowest BCUT2D eigenvalue weighted by molar-refractivity contribution is -0.149. The summed E-state index contributed by atoms with van der Waals surface area (Å²) < 4.78 is 1.40. The molecule has 5 aromatic rings. The second kappa shape index (κ2) is 51.3. The number of nitrogens with two attached hydrogens (primary N) is 3. The fraction of sp³-hybridized carbons (Fsp3) is 0.544. The lowest BCUT2D eigenvalue weighted by Crippen LogP contribution is -2.62. The predicted molar refractivity (Wildman–Crippen MR) is 496 cm³/mol. The highest BCUT2D eigenvalue weighted by atomic mass is 32.2. The maximum absolute atomic E-state index is 15.9. The highest BCUT2D eigenvalue weighted by Crippen LogP contribution is 2.29. The zero-order chi connectivity index (χ0) is 100. The third-order valence-corrected chi connectivity index (χ3v) is 25.1. The van der Waals surface area contributed by atoms with E-state index in [2.05, 4.69) is 63.5 Å². The molecule has 3 saturated heterocycles. The summed E-state index contributed by atoms with van der Waals surface area (Å²) in [4.78, 5) is 270. The molecule has 0 spiro atoms. The van der Waals surface area contributed by atoms with E-state index in [-0.39, 0.29) is 89.5 Å². The van der Waals surface area contributed by atoms with Crippen molar-refractivity contribution in [3.8, 4) is 5.75 Å². The first-order chi connectivity index (χ1) is 64.6. The molecule has 0 aliphatic carbocycles. The normalized spacial score (nSPS) is 24.6. The molecule has 3 aliphatic rings. The van der Waals surface area contributed by atoms with Gasteiger partial charge in [-0.05, 0) is 98.7 Å². The van der Waals surface area contributed by atoms with Crippen LogP contribution in [0.1, 0.15) is 135 Å². The van der Waals surface area contributed by atoms with Gasteiger partial charge < -0.3 is 135 Å². The number of aliphatic hydroxyl groups is 3. The smallest absolute Gasteiger partial charge is 0.323 e. The Bertz CT molecular complexity index is 5150. The number of benzene rings is 3. The van der Waals surface area contributed by atoms with Gasteiger partial charge in [-0.1, -0.05) is 102 Å². The van der Waals surface area contributed by atoms with E-state index in [4.69, 9.17) is 22.6 Å². The van der Waals surface area contributed by atoms with Gasteiger partial charge in [0.1, 0.15) is 96.9 Å². The quantitative estimate of drug-likeness (QED) is 0.0134. The summed E-state index contributed by atoms with van der Waals surface area (Å²) in [7, 11) is 3.77. The summed E-state index contributed by atoms with van der Waals surface area (Å²) in [6.07, 6.45) is 0.165. The van der Waals surface area contributed by atoms with E-state index in [1.54, 1.807) is 82.4 Å². The molecule has 8 rings (SSSR count). The second-order valence-corrected chi connectivity index (χ2v) is 35.7. The number of hydrogen-bond acceptors (Lipinski definition) is 24. The molecule has 24 N–H and O–H groups in total. The van der Waals surface area contributed by atoms with Crippen LogP contribution in [0.25, 0.3) is 21.8 Å². The molecule has 3 aromatic carbocycles. The number of primary amides is 2. The molecule has 3 fully saturated rings. The number of para-hydroxylation sites is 2. The summed E-state index contributed by atoms with van der Waals surface area (Å²) in [6, 6.07) is -4.05. The first-order valence-corrected chi connectivity index (χ1v) is 46.4. The largest absolute Gasteiger partial charge is 0.508 e. The van der Waals surface area contributed by atoms with E-state index in [0.717, 1.165) is 36.3 Å². The summed E-state index contributed by atoms with van der Waals surface area (Å²) in [6.45, 7) is 3.93. The topological polar surface area (TPSA) is 680 Å². The van der Waals surface area contributed by atoms with Crippen LogP contribution < -0.4 is 75.7 Å². The highest BCUT2D eigenvalue weighted by molar-refractivity contribution is 8.00. The lowest BCUT2D eigenvalue weighted by atomic mass is 10.00. The van der Waals surface area contributed by atoms with Gasteiger partial charge in [0.15, 0.2) is 5.96 Å². The number of amides is 17. The van der Waals surface area contributed by atoms with Gasteiger partial charge in [0.2, 0.25) is 100 Å². The number of carboxylic acid groups (broad SMARTS) is 1. The molecule has 0 radical (unpaired) electrons. The van der Waals surface area contributed by atoms with Gasteiger partial charge in [-0.25, -0.2) is 0 Å². The number of nitrogens with one attached hydrogen (secondary N) is 13. The van der Waals surface area contributed by atoms with Crippen LogP contribution in [0.4, 0.5) is 0 Å². The highest BCUT2D eigenvalue weighted by Gasteiger charge is 2.47. The summed E-state index contributed by atoms with van der Waals surface area (Å²) in [5.41, 5.74) is 18.8. The molecule has 3 aliphatic heterocycles. The number of carboxylic acids is 1. The molecule has 0 saturated carbocycles. The van der Waals surface area contributed by atoms with E-state index in [1.165, 1.54) is 63.1 Å². The molecular formula is C90H128N22O23S.